The van der Waals surface area contributed by atoms with Crippen molar-refractivity contribution in [3.8, 4) is 17.2 Å². The third kappa shape index (κ3) is 5.86. The Morgan fingerprint density at radius 2 is 1.76 bits per heavy atom. The van der Waals surface area contributed by atoms with Crippen molar-refractivity contribution in [2.45, 2.75) is 13.2 Å². The van der Waals surface area contributed by atoms with Crippen LogP contribution >= 0.6 is 0 Å². The minimum Gasteiger partial charge on any atom is -0.497 e. The number of carbonyl (C=O) groups is 2. The number of alkyl halides is 2. The van der Waals surface area contributed by atoms with E-state index in [0.29, 0.717) is 5.69 Å². The molecule has 0 bridgehead atoms. The summed E-state index contributed by atoms with van der Waals surface area (Å²) in [6, 6.07) is 8.16. The number of benzene rings is 2. The molecule has 0 saturated heterocycles. The number of methoxy groups -OCH3 is 1. The number of aromatic amines is 1. The molecular formula is C23H18F4N6O4. The second-order valence-corrected chi connectivity index (χ2v) is 7.38. The summed E-state index contributed by atoms with van der Waals surface area (Å²) in [6.07, 6.45) is 2.54. The van der Waals surface area contributed by atoms with E-state index in [1.807, 2.05) is 0 Å². The molecule has 0 saturated carbocycles. The highest BCUT2D eigenvalue weighted by molar-refractivity contribution is 6.04. The largest absolute Gasteiger partial charge is 0.497 e. The zero-order valence-electron chi connectivity index (χ0n) is 19.0. The zero-order chi connectivity index (χ0) is 26.5. The number of nitrogens with zero attached hydrogens (tertiary/aromatic N) is 3. The van der Waals surface area contributed by atoms with E-state index in [4.69, 9.17) is 4.74 Å². The maximum atomic E-state index is 14.8. The zero-order valence-corrected chi connectivity index (χ0v) is 19.0. The van der Waals surface area contributed by atoms with Crippen molar-refractivity contribution in [2.75, 3.05) is 12.4 Å². The van der Waals surface area contributed by atoms with E-state index in [1.165, 1.54) is 25.4 Å². The van der Waals surface area contributed by atoms with Crippen molar-refractivity contribution < 1.29 is 36.6 Å². The lowest BCUT2D eigenvalue weighted by atomic mass is 10.2. The molecule has 0 aliphatic heterocycles. The smallest absolute Gasteiger partial charge is 0.387 e. The Balaban J connectivity index is 1.66. The van der Waals surface area contributed by atoms with Crippen molar-refractivity contribution in [2.24, 2.45) is 0 Å². The topological polar surface area (TPSA) is 123 Å². The predicted octanol–water partition coefficient (Wildman–Crippen LogP) is 3.67. The molecule has 0 aliphatic rings. The summed E-state index contributed by atoms with van der Waals surface area (Å²) < 4.78 is 64.4. The van der Waals surface area contributed by atoms with Crippen LogP contribution in [0.25, 0.3) is 5.69 Å². The van der Waals surface area contributed by atoms with Gasteiger partial charge in [-0.2, -0.15) is 13.9 Å². The molecule has 3 N–H and O–H groups in total. The van der Waals surface area contributed by atoms with Crippen LogP contribution in [-0.2, 0) is 6.54 Å². The van der Waals surface area contributed by atoms with Gasteiger partial charge < -0.3 is 14.8 Å². The Bertz CT molecular complexity index is 1380. The minimum atomic E-state index is -3.04. The van der Waals surface area contributed by atoms with Crippen LogP contribution in [0.4, 0.5) is 23.5 Å². The Hall–Kier alpha value is -4.88. The normalized spacial score (nSPS) is 10.9. The highest BCUT2D eigenvalue weighted by atomic mass is 19.3. The molecule has 0 aliphatic carbocycles. The Morgan fingerprint density at radius 1 is 1.05 bits per heavy atom. The highest BCUT2D eigenvalue weighted by Gasteiger charge is 2.23. The first kappa shape index (κ1) is 25.2. The number of nitrogens with one attached hydrogen (secondary N) is 3. The SMILES string of the molecule is COc1cc(F)c(-n2cc(C(=O)NCc3ccn[nH]3)nc2NC(=O)c2ccc(OC(F)F)cc2)c(F)c1. The van der Waals surface area contributed by atoms with Gasteiger partial charge in [0.25, 0.3) is 11.8 Å². The number of carbonyl (C=O) groups excluding carboxylic acids is 2. The van der Waals surface area contributed by atoms with E-state index < -0.39 is 35.7 Å². The summed E-state index contributed by atoms with van der Waals surface area (Å²) in [7, 11) is 1.23. The van der Waals surface area contributed by atoms with Crippen LogP contribution in [0.2, 0.25) is 0 Å². The molecule has 2 aromatic carbocycles. The number of aromatic nitrogens is 4. The standard InChI is InChI=1S/C23H18F4N6O4/c1-36-15-8-16(24)19(17(25)9-15)33-11-18(21(35)28-10-13-6-7-29-32-13)30-23(33)31-20(34)12-2-4-14(5-3-12)37-22(26)27/h2-9,11,22H,10H2,1H3,(H,28,35)(H,29,32)(H,30,31,34). The van der Waals surface area contributed by atoms with Crippen LogP contribution in [0, 0.1) is 11.6 Å². The van der Waals surface area contributed by atoms with Crippen molar-refractivity contribution >= 4 is 17.8 Å². The number of hydrogen-bond acceptors (Lipinski definition) is 6. The number of H-pyrrole nitrogens is 1. The Kier molecular flexibility index (Phi) is 7.36. The van der Waals surface area contributed by atoms with Gasteiger partial charge in [-0.05, 0) is 30.3 Å². The molecule has 10 nitrogen and oxygen atoms in total. The first-order valence-corrected chi connectivity index (χ1v) is 10.5. The van der Waals surface area contributed by atoms with Gasteiger partial charge in [-0.1, -0.05) is 0 Å². The van der Waals surface area contributed by atoms with E-state index in [-0.39, 0.29) is 35.2 Å². The van der Waals surface area contributed by atoms with Gasteiger partial charge in [0.1, 0.15) is 22.9 Å². The van der Waals surface area contributed by atoms with E-state index in [2.05, 4.69) is 30.6 Å². The molecule has 2 heterocycles. The summed E-state index contributed by atoms with van der Waals surface area (Å²) in [6.45, 7) is -2.98. The van der Waals surface area contributed by atoms with Crippen LogP contribution in [-0.4, -0.2) is 45.3 Å². The van der Waals surface area contributed by atoms with Gasteiger partial charge in [-0.3, -0.25) is 24.6 Å². The van der Waals surface area contributed by atoms with Crippen molar-refractivity contribution in [1.82, 2.24) is 25.1 Å². The van der Waals surface area contributed by atoms with Gasteiger partial charge in [0, 0.05) is 30.1 Å². The first-order chi connectivity index (χ1) is 17.7. The maximum Gasteiger partial charge on any atom is 0.387 e. The predicted molar refractivity (Wildman–Crippen MR) is 121 cm³/mol. The molecule has 14 heteroatoms. The molecule has 0 fully saturated rings. The molecule has 4 aromatic rings. The number of imidazole rings is 1. The number of anilines is 1. The van der Waals surface area contributed by atoms with E-state index in [1.54, 1.807) is 6.07 Å². The van der Waals surface area contributed by atoms with Crippen LogP contribution in [0.1, 0.15) is 26.5 Å². The third-order valence-electron chi connectivity index (χ3n) is 4.97. The van der Waals surface area contributed by atoms with Crippen LogP contribution < -0.4 is 20.1 Å². The summed E-state index contributed by atoms with van der Waals surface area (Å²) in [5.74, 6) is -4.25. The molecule has 0 unspecified atom stereocenters. The third-order valence-corrected chi connectivity index (χ3v) is 4.97. The Labute approximate surface area is 206 Å². The van der Waals surface area contributed by atoms with Crippen LogP contribution in [0.15, 0.2) is 54.9 Å². The number of amides is 2. The molecule has 0 atom stereocenters. The van der Waals surface area contributed by atoms with Gasteiger partial charge >= 0.3 is 6.61 Å². The molecule has 0 spiro atoms. The lowest BCUT2D eigenvalue weighted by molar-refractivity contribution is -0.0498. The van der Waals surface area contributed by atoms with Gasteiger partial charge in [-0.25, -0.2) is 13.8 Å². The van der Waals surface area contributed by atoms with E-state index >= 15 is 0 Å². The fraction of sp³-hybridized carbons (Fsp3) is 0.130. The number of hydrogen-bond donors (Lipinski definition) is 3. The summed E-state index contributed by atoms with van der Waals surface area (Å²) in [5.41, 5.74) is -0.299. The van der Waals surface area contributed by atoms with Gasteiger partial charge in [0.05, 0.1) is 19.3 Å². The van der Waals surface area contributed by atoms with E-state index in [9.17, 15) is 27.2 Å². The quantitative estimate of drug-likeness (QED) is 0.291. The molecule has 192 valence electrons. The molecular weight excluding hydrogens is 500 g/mol. The summed E-state index contributed by atoms with van der Waals surface area (Å²) >= 11 is 0. The lowest BCUT2D eigenvalue weighted by Gasteiger charge is -2.12. The van der Waals surface area contributed by atoms with E-state index in [0.717, 1.165) is 35.0 Å². The fourth-order valence-corrected chi connectivity index (χ4v) is 3.25. The lowest BCUT2D eigenvalue weighted by Crippen LogP contribution is -2.23. The van der Waals surface area contributed by atoms with Crippen molar-refractivity contribution in [1.29, 1.82) is 0 Å². The monoisotopic (exact) mass is 518 g/mol. The van der Waals surface area contributed by atoms with Gasteiger partial charge in [0.2, 0.25) is 5.95 Å². The minimum absolute atomic E-state index is 0.00270. The number of halogens is 4. The Morgan fingerprint density at radius 3 is 2.35 bits per heavy atom. The number of ether oxygens (including phenoxy) is 2. The van der Waals surface area contributed by atoms with Gasteiger partial charge in [-0.15, -0.1) is 0 Å². The molecule has 2 aromatic heterocycles. The highest BCUT2D eigenvalue weighted by Crippen LogP contribution is 2.27. The van der Waals surface area contributed by atoms with Crippen LogP contribution in [0.5, 0.6) is 11.5 Å². The van der Waals surface area contributed by atoms with Crippen molar-refractivity contribution in [3.63, 3.8) is 0 Å². The fourth-order valence-electron chi connectivity index (χ4n) is 3.25. The molecule has 2 amide bonds. The second kappa shape index (κ2) is 10.8. The maximum absolute atomic E-state index is 14.8. The average molecular weight is 518 g/mol. The summed E-state index contributed by atoms with van der Waals surface area (Å²) in [4.78, 5) is 29.5. The van der Waals surface area contributed by atoms with Gasteiger partial charge in [0.15, 0.2) is 11.6 Å². The molecule has 0 radical (unpaired) electrons. The summed E-state index contributed by atoms with van der Waals surface area (Å²) in [5, 5.41) is 11.4. The van der Waals surface area contributed by atoms with Crippen LogP contribution in [0.3, 0.4) is 0 Å². The molecule has 4 rings (SSSR count). The average Bonchev–Trinajstić information content (AvgIpc) is 3.52. The molecule has 37 heavy (non-hydrogen) atoms. The van der Waals surface area contributed by atoms with Crippen molar-refractivity contribution in [3.05, 3.63) is 83.4 Å². The second-order valence-electron chi connectivity index (χ2n) is 7.38. The first-order valence-electron chi connectivity index (χ1n) is 10.5. The number of rotatable bonds is 9.